The molecule has 0 heterocycles. The van der Waals surface area contributed by atoms with Crippen LogP contribution in [0.2, 0.25) is 0 Å². The molecule has 2 aliphatic carbocycles. The molecule has 2 fully saturated rings. The number of rotatable bonds is 6. The molecular weight excluding hydrogens is 324 g/mol. The van der Waals surface area contributed by atoms with Gasteiger partial charge in [0.15, 0.2) is 9.84 Å². The van der Waals surface area contributed by atoms with Gasteiger partial charge in [-0.2, -0.15) is 0 Å². The first kappa shape index (κ1) is 17.4. The number of sulfone groups is 1. The van der Waals surface area contributed by atoms with Gasteiger partial charge < -0.3 is 10.6 Å². The van der Waals surface area contributed by atoms with E-state index in [9.17, 15) is 13.2 Å². The third-order valence-electron chi connectivity index (χ3n) is 5.14. The van der Waals surface area contributed by atoms with Gasteiger partial charge in [0.2, 0.25) is 5.91 Å². The number of hydrogen-bond acceptors (Lipinski definition) is 4. The van der Waals surface area contributed by atoms with Crippen LogP contribution in [0.3, 0.4) is 0 Å². The maximum atomic E-state index is 12.2. The van der Waals surface area contributed by atoms with Gasteiger partial charge in [-0.25, -0.2) is 8.42 Å². The van der Waals surface area contributed by atoms with Crippen LogP contribution in [0.15, 0.2) is 29.2 Å². The number of hydrogen-bond donors (Lipinski definition) is 2. The molecule has 2 atom stereocenters. The summed E-state index contributed by atoms with van der Waals surface area (Å²) >= 11 is 0. The Hall–Kier alpha value is -1.40. The van der Waals surface area contributed by atoms with Crippen molar-refractivity contribution in [2.24, 2.45) is 0 Å². The first-order valence-corrected chi connectivity index (χ1v) is 10.7. The normalized spacial score (nSPS) is 24.5. The topological polar surface area (TPSA) is 75.3 Å². The molecule has 1 aromatic carbocycles. The molecule has 0 radical (unpaired) electrons. The fourth-order valence-electron chi connectivity index (χ4n) is 3.57. The third kappa shape index (κ3) is 4.36. The lowest BCUT2D eigenvalue weighted by molar-refractivity contribution is -0.122. The number of nitrogens with one attached hydrogen (secondary N) is 2. The Bertz CT molecular complexity index is 679. The lowest BCUT2D eigenvalue weighted by Gasteiger charge is -2.39. The minimum absolute atomic E-state index is 0.00466. The third-order valence-corrected chi connectivity index (χ3v) is 6.27. The molecule has 0 aromatic heterocycles. The molecule has 6 heteroatoms. The van der Waals surface area contributed by atoms with E-state index < -0.39 is 9.84 Å². The van der Waals surface area contributed by atoms with Gasteiger partial charge in [0, 0.05) is 24.4 Å². The second-order valence-electron chi connectivity index (χ2n) is 7.10. The highest BCUT2D eigenvalue weighted by atomic mass is 32.2. The van der Waals surface area contributed by atoms with Crippen molar-refractivity contribution >= 4 is 15.7 Å². The maximum absolute atomic E-state index is 12.2. The molecule has 2 aliphatic rings. The van der Waals surface area contributed by atoms with E-state index in [4.69, 9.17) is 0 Å². The fourth-order valence-corrected chi connectivity index (χ4v) is 4.20. The van der Waals surface area contributed by atoms with Crippen LogP contribution in [0, 0.1) is 0 Å². The molecule has 0 unspecified atom stereocenters. The highest BCUT2D eigenvalue weighted by molar-refractivity contribution is 7.90. The van der Waals surface area contributed by atoms with Gasteiger partial charge in [0.1, 0.15) is 0 Å². The van der Waals surface area contributed by atoms with Crippen molar-refractivity contribution in [3.8, 4) is 0 Å². The van der Waals surface area contributed by atoms with Crippen LogP contribution < -0.4 is 10.6 Å². The quantitative estimate of drug-likeness (QED) is 0.820. The Morgan fingerprint density at radius 3 is 2.21 bits per heavy atom. The smallest absolute Gasteiger partial charge is 0.224 e. The van der Waals surface area contributed by atoms with E-state index in [1.54, 1.807) is 24.3 Å². The summed E-state index contributed by atoms with van der Waals surface area (Å²) in [6.07, 6.45) is 8.76. The molecular formula is C18H26N2O3S. The zero-order chi connectivity index (χ0) is 17.2. The zero-order valence-electron chi connectivity index (χ0n) is 14.1. The van der Waals surface area contributed by atoms with Crippen LogP contribution >= 0.6 is 0 Å². The standard InChI is InChI=1S/C18H26N2O3S/c1-24(22,23)15-8-6-13(7-9-15)12-18(21)20-17-11-10-16(17)19-14-4-2-3-5-14/h6-9,14,16-17,19H,2-5,10-12H2,1H3,(H,20,21)/t16-,17+/m0/s1. The molecule has 3 rings (SSSR count). The van der Waals surface area contributed by atoms with E-state index in [0.717, 1.165) is 18.4 Å². The first-order chi connectivity index (χ1) is 11.4. The summed E-state index contributed by atoms with van der Waals surface area (Å²) < 4.78 is 22.9. The fraction of sp³-hybridized carbons (Fsp3) is 0.611. The van der Waals surface area contributed by atoms with Gasteiger partial charge in [-0.1, -0.05) is 25.0 Å². The van der Waals surface area contributed by atoms with Crippen molar-refractivity contribution in [2.45, 2.75) is 68.0 Å². The highest BCUT2D eigenvalue weighted by Crippen LogP contribution is 2.25. The number of carbonyl (C=O) groups excluding carboxylic acids is 1. The molecule has 0 aliphatic heterocycles. The van der Waals surface area contributed by atoms with Crippen LogP contribution in [0.5, 0.6) is 0 Å². The Kier molecular flexibility index (Phi) is 5.25. The second-order valence-corrected chi connectivity index (χ2v) is 9.11. The average Bonchev–Trinajstić information content (AvgIpc) is 3.02. The number of carbonyl (C=O) groups is 1. The van der Waals surface area contributed by atoms with Gasteiger partial charge in [-0.15, -0.1) is 0 Å². The zero-order valence-corrected chi connectivity index (χ0v) is 14.9. The van der Waals surface area contributed by atoms with Crippen LogP contribution in [0.4, 0.5) is 0 Å². The molecule has 0 saturated heterocycles. The van der Waals surface area contributed by atoms with Crippen molar-refractivity contribution in [2.75, 3.05) is 6.26 Å². The van der Waals surface area contributed by atoms with E-state index in [0.29, 0.717) is 12.1 Å². The van der Waals surface area contributed by atoms with Gasteiger partial charge in [0.05, 0.1) is 11.3 Å². The van der Waals surface area contributed by atoms with E-state index >= 15 is 0 Å². The summed E-state index contributed by atoms with van der Waals surface area (Å²) in [6.45, 7) is 0. The Morgan fingerprint density at radius 1 is 1.04 bits per heavy atom. The van der Waals surface area contributed by atoms with Crippen LogP contribution in [-0.4, -0.2) is 38.7 Å². The molecule has 2 saturated carbocycles. The SMILES string of the molecule is CS(=O)(=O)c1ccc(CC(=O)N[C@@H]2CC[C@@H]2NC2CCCC2)cc1. The summed E-state index contributed by atoms with van der Waals surface area (Å²) in [5.41, 5.74) is 0.833. The number of amides is 1. The highest BCUT2D eigenvalue weighted by Gasteiger charge is 2.33. The van der Waals surface area contributed by atoms with E-state index in [1.807, 2.05) is 0 Å². The predicted molar refractivity (Wildman–Crippen MR) is 93.6 cm³/mol. The van der Waals surface area contributed by atoms with Gasteiger partial charge in [-0.05, 0) is 43.4 Å². The molecule has 2 N–H and O–H groups in total. The van der Waals surface area contributed by atoms with Crippen LogP contribution in [-0.2, 0) is 21.1 Å². The lowest BCUT2D eigenvalue weighted by Crippen LogP contribution is -2.58. The van der Waals surface area contributed by atoms with E-state index in [-0.39, 0.29) is 23.3 Å². The lowest BCUT2D eigenvalue weighted by atomic mass is 9.85. The van der Waals surface area contributed by atoms with Gasteiger partial charge in [0.25, 0.3) is 0 Å². The minimum atomic E-state index is -3.19. The summed E-state index contributed by atoms with van der Waals surface area (Å²) in [6, 6.07) is 7.81. The van der Waals surface area contributed by atoms with Crippen molar-refractivity contribution in [3.05, 3.63) is 29.8 Å². The van der Waals surface area contributed by atoms with E-state index in [1.165, 1.54) is 31.9 Å². The summed E-state index contributed by atoms with van der Waals surface area (Å²) in [4.78, 5) is 12.5. The minimum Gasteiger partial charge on any atom is -0.352 e. The molecule has 24 heavy (non-hydrogen) atoms. The Morgan fingerprint density at radius 2 is 1.67 bits per heavy atom. The van der Waals surface area contributed by atoms with Crippen molar-refractivity contribution in [1.82, 2.24) is 10.6 Å². The van der Waals surface area contributed by atoms with Crippen molar-refractivity contribution in [3.63, 3.8) is 0 Å². The van der Waals surface area contributed by atoms with Crippen LogP contribution in [0.25, 0.3) is 0 Å². The second kappa shape index (κ2) is 7.23. The molecule has 132 valence electrons. The molecule has 5 nitrogen and oxygen atoms in total. The van der Waals surface area contributed by atoms with E-state index in [2.05, 4.69) is 10.6 Å². The molecule has 1 aromatic rings. The maximum Gasteiger partial charge on any atom is 0.224 e. The number of benzene rings is 1. The molecule has 0 bridgehead atoms. The largest absolute Gasteiger partial charge is 0.352 e. The van der Waals surface area contributed by atoms with Gasteiger partial charge >= 0.3 is 0 Å². The average molecular weight is 350 g/mol. The van der Waals surface area contributed by atoms with Crippen molar-refractivity contribution < 1.29 is 13.2 Å². The summed E-state index contributed by atoms with van der Waals surface area (Å²) in [5.74, 6) is 0.00466. The summed E-state index contributed by atoms with van der Waals surface area (Å²) in [5, 5.41) is 6.79. The first-order valence-electron chi connectivity index (χ1n) is 8.76. The molecule has 1 amide bonds. The summed E-state index contributed by atoms with van der Waals surface area (Å²) in [7, 11) is -3.19. The molecule has 0 spiro atoms. The van der Waals surface area contributed by atoms with Crippen LogP contribution in [0.1, 0.15) is 44.1 Å². The predicted octanol–water partition coefficient (Wildman–Crippen LogP) is 1.81. The van der Waals surface area contributed by atoms with Crippen molar-refractivity contribution in [1.29, 1.82) is 0 Å². The monoisotopic (exact) mass is 350 g/mol. The Balaban J connectivity index is 1.48. The van der Waals surface area contributed by atoms with Gasteiger partial charge in [-0.3, -0.25) is 4.79 Å². The Labute approximate surface area is 144 Å².